The lowest BCUT2D eigenvalue weighted by molar-refractivity contribution is 0.197. The summed E-state index contributed by atoms with van der Waals surface area (Å²) >= 11 is 0. The first-order valence-electron chi connectivity index (χ1n) is 12.1. The summed E-state index contributed by atoms with van der Waals surface area (Å²) in [5.74, 6) is 2.16. The summed E-state index contributed by atoms with van der Waals surface area (Å²) in [4.78, 5) is 7.17. The maximum Gasteiger partial charge on any atom is 0.135 e. The highest BCUT2D eigenvalue weighted by atomic mass is 16.5. The summed E-state index contributed by atoms with van der Waals surface area (Å²) in [5.41, 5.74) is 4.47. The van der Waals surface area contributed by atoms with Gasteiger partial charge in [0.1, 0.15) is 17.4 Å². The molecule has 0 radical (unpaired) electrons. The Hall–Kier alpha value is -2.75. The summed E-state index contributed by atoms with van der Waals surface area (Å²) in [6.07, 6.45) is 18.0. The Morgan fingerprint density at radius 3 is 2.36 bits per heavy atom. The van der Waals surface area contributed by atoms with Crippen molar-refractivity contribution in [1.82, 2.24) is 10.2 Å². The number of aliphatic imine (C=N–C) groups is 1. The second-order valence-electron chi connectivity index (χ2n) is 9.16. The average Bonchev–Trinajstić information content (AvgIpc) is 3.21. The molecular formula is C29H43N3O. The molecule has 0 aromatic heterocycles. The third-order valence-corrected chi connectivity index (χ3v) is 6.87. The van der Waals surface area contributed by atoms with Crippen molar-refractivity contribution >= 4 is 5.84 Å². The molecule has 4 heteroatoms. The molecule has 0 aromatic rings. The molecule has 1 saturated heterocycles. The van der Waals surface area contributed by atoms with Gasteiger partial charge in [0.2, 0.25) is 0 Å². The van der Waals surface area contributed by atoms with E-state index in [1.165, 1.54) is 38.5 Å². The molecule has 0 atom stereocenters. The minimum atomic E-state index is 0.478. The Morgan fingerprint density at radius 1 is 1.09 bits per heavy atom. The van der Waals surface area contributed by atoms with Crippen LogP contribution in [0, 0.1) is 5.41 Å². The summed E-state index contributed by atoms with van der Waals surface area (Å²) in [7, 11) is 1.64. The van der Waals surface area contributed by atoms with Crippen LogP contribution in [0.5, 0.6) is 0 Å². The standard InChI is InChI=1S/C29H43N3O/c1-9-15-26(16-10-2)27(11-3)22(4)28(23(5)33-8)31-24(6)30-25(7)32-20-19-29(21-32)17-13-12-14-18-29/h9-11,15-16H,1,5,7,12-14,17-21H2,2-4,6,8H3,(H,30,31)/b16-10-,26-15+,27-11+,28-22+. The average molecular weight is 450 g/mol. The predicted octanol–water partition coefficient (Wildman–Crippen LogP) is 7.19. The van der Waals surface area contributed by atoms with E-state index >= 15 is 0 Å². The van der Waals surface area contributed by atoms with Crippen LogP contribution in [0.3, 0.4) is 0 Å². The fraction of sp³-hybridized carbons (Fsp3) is 0.483. The number of nitrogens with one attached hydrogen (secondary N) is 1. The molecule has 1 heterocycles. The van der Waals surface area contributed by atoms with Crippen LogP contribution in [0.15, 0.2) is 89.1 Å². The topological polar surface area (TPSA) is 36.9 Å². The Bertz CT molecular complexity index is 892. The fourth-order valence-corrected chi connectivity index (χ4v) is 5.09. The zero-order chi connectivity index (χ0) is 24.4. The summed E-state index contributed by atoms with van der Waals surface area (Å²) in [6, 6.07) is 0. The molecule has 0 amide bonds. The van der Waals surface area contributed by atoms with Crippen molar-refractivity contribution < 1.29 is 4.74 Å². The molecule has 2 fully saturated rings. The van der Waals surface area contributed by atoms with E-state index in [1.54, 1.807) is 13.2 Å². The molecule has 180 valence electrons. The van der Waals surface area contributed by atoms with Crippen LogP contribution in [0.1, 0.15) is 66.2 Å². The van der Waals surface area contributed by atoms with E-state index in [-0.39, 0.29) is 0 Å². The van der Waals surface area contributed by atoms with Crippen LogP contribution in [0.25, 0.3) is 0 Å². The van der Waals surface area contributed by atoms with E-state index in [1.807, 2.05) is 32.9 Å². The molecule has 1 aliphatic carbocycles. The second-order valence-corrected chi connectivity index (χ2v) is 9.16. The Morgan fingerprint density at radius 2 is 1.79 bits per heavy atom. The van der Waals surface area contributed by atoms with E-state index in [4.69, 9.17) is 9.73 Å². The molecule has 1 aliphatic heterocycles. The Labute approximate surface area is 201 Å². The van der Waals surface area contributed by atoms with E-state index in [2.05, 4.69) is 49.0 Å². The number of allylic oxidation sites excluding steroid dienone is 8. The lowest BCUT2D eigenvalue weighted by atomic mass is 9.73. The van der Waals surface area contributed by atoms with Gasteiger partial charge in [0.05, 0.1) is 12.8 Å². The van der Waals surface area contributed by atoms with Crippen LogP contribution >= 0.6 is 0 Å². The number of likely N-dealkylation sites (tertiary alicyclic amines) is 1. The minimum absolute atomic E-state index is 0.478. The molecule has 2 aliphatic rings. The van der Waals surface area contributed by atoms with E-state index in [0.29, 0.717) is 11.2 Å². The van der Waals surface area contributed by atoms with E-state index < -0.39 is 0 Å². The number of ether oxygens (including phenoxy) is 1. The smallest absolute Gasteiger partial charge is 0.135 e. The van der Waals surface area contributed by atoms with Gasteiger partial charge in [0.15, 0.2) is 0 Å². The molecule has 4 nitrogen and oxygen atoms in total. The van der Waals surface area contributed by atoms with Gasteiger partial charge >= 0.3 is 0 Å². The molecule has 2 rings (SSSR count). The number of amidine groups is 1. The molecule has 0 unspecified atom stereocenters. The van der Waals surface area contributed by atoms with E-state index in [9.17, 15) is 0 Å². The number of methoxy groups -OCH3 is 1. The SMILES string of the molecule is C=C/C=C(\C=C/C)C(=C/C)/C(C)=C(/N/C(C)=N\C(=C)N1CCC2(CCCCC2)C1)C(=C)OC. The fourth-order valence-electron chi connectivity index (χ4n) is 5.09. The molecule has 1 N–H and O–H groups in total. The molecule has 0 aromatic carbocycles. The second kappa shape index (κ2) is 12.5. The van der Waals surface area contributed by atoms with E-state index in [0.717, 1.165) is 47.2 Å². The Kier molecular flexibility index (Phi) is 10.0. The van der Waals surface area contributed by atoms with Crippen molar-refractivity contribution in [2.75, 3.05) is 20.2 Å². The van der Waals surface area contributed by atoms with Crippen molar-refractivity contribution in [3.63, 3.8) is 0 Å². The van der Waals surface area contributed by atoms with Crippen molar-refractivity contribution in [3.8, 4) is 0 Å². The monoisotopic (exact) mass is 449 g/mol. The molecule has 1 saturated carbocycles. The zero-order valence-electron chi connectivity index (χ0n) is 21.5. The predicted molar refractivity (Wildman–Crippen MR) is 143 cm³/mol. The van der Waals surface area contributed by atoms with Crippen LogP contribution in [-0.4, -0.2) is 30.9 Å². The van der Waals surface area contributed by atoms with Crippen LogP contribution < -0.4 is 5.32 Å². The zero-order valence-corrected chi connectivity index (χ0v) is 21.5. The van der Waals surface area contributed by atoms with Crippen molar-refractivity contribution in [2.24, 2.45) is 10.4 Å². The van der Waals surface area contributed by atoms with Gasteiger partial charge in [0, 0.05) is 13.1 Å². The lowest BCUT2D eigenvalue weighted by Crippen LogP contribution is -2.29. The van der Waals surface area contributed by atoms with Crippen LogP contribution in [0.4, 0.5) is 0 Å². The summed E-state index contributed by atoms with van der Waals surface area (Å²) < 4.78 is 5.52. The van der Waals surface area contributed by atoms with Crippen LogP contribution in [-0.2, 0) is 4.74 Å². The quantitative estimate of drug-likeness (QED) is 0.175. The molecular weight excluding hydrogens is 406 g/mol. The van der Waals surface area contributed by atoms with Crippen molar-refractivity contribution in [2.45, 2.75) is 66.2 Å². The van der Waals surface area contributed by atoms with Gasteiger partial charge in [0.25, 0.3) is 0 Å². The highest BCUT2D eigenvalue weighted by molar-refractivity contribution is 5.83. The van der Waals surface area contributed by atoms with Gasteiger partial charge in [-0.15, -0.1) is 0 Å². The number of rotatable bonds is 9. The summed E-state index contributed by atoms with van der Waals surface area (Å²) in [6.45, 7) is 22.5. The largest absolute Gasteiger partial charge is 0.495 e. The van der Waals surface area contributed by atoms with Crippen molar-refractivity contribution in [1.29, 1.82) is 0 Å². The first-order chi connectivity index (χ1) is 15.8. The number of hydrogen-bond donors (Lipinski definition) is 1. The van der Waals surface area contributed by atoms with Crippen molar-refractivity contribution in [3.05, 3.63) is 84.1 Å². The van der Waals surface area contributed by atoms with Gasteiger partial charge in [-0.1, -0.05) is 69.4 Å². The third-order valence-electron chi connectivity index (χ3n) is 6.87. The minimum Gasteiger partial charge on any atom is -0.495 e. The highest BCUT2D eigenvalue weighted by Crippen LogP contribution is 2.44. The maximum atomic E-state index is 5.52. The van der Waals surface area contributed by atoms with Gasteiger partial charge in [-0.3, -0.25) is 0 Å². The van der Waals surface area contributed by atoms with Gasteiger partial charge in [-0.05, 0) is 69.1 Å². The number of hydrogen-bond acceptors (Lipinski definition) is 3. The Balaban J connectivity index is 2.25. The maximum absolute atomic E-state index is 5.52. The highest BCUT2D eigenvalue weighted by Gasteiger charge is 2.39. The lowest BCUT2D eigenvalue weighted by Gasteiger charge is -2.33. The molecule has 33 heavy (non-hydrogen) atoms. The van der Waals surface area contributed by atoms with Gasteiger partial charge in [-0.25, -0.2) is 4.99 Å². The summed E-state index contributed by atoms with van der Waals surface area (Å²) in [5, 5.41) is 3.45. The number of nitrogens with zero attached hydrogens (tertiary/aromatic N) is 2. The van der Waals surface area contributed by atoms with Crippen LogP contribution in [0.2, 0.25) is 0 Å². The molecule has 1 spiro atoms. The third kappa shape index (κ3) is 6.86. The first kappa shape index (κ1) is 26.5. The van der Waals surface area contributed by atoms with Gasteiger partial charge in [-0.2, -0.15) is 0 Å². The van der Waals surface area contributed by atoms with Gasteiger partial charge < -0.3 is 15.0 Å². The first-order valence-corrected chi connectivity index (χ1v) is 12.1. The molecule has 0 bridgehead atoms. The normalized spacial score (nSPS) is 20.2.